The monoisotopic (exact) mass is 297 g/mol. The molecular formula is C17H16FN3O. The van der Waals surface area contributed by atoms with E-state index in [0.717, 1.165) is 11.0 Å². The maximum atomic E-state index is 13.5. The molecule has 1 heterocycles. The van der Waals surface area contributed by atoms with Crippen molar-refractivity contribution in [2.75, 3.05) is 5.32 Å². The third-order valence-corrected chi connectivity index (χ3v) is 3.59. The molecule has 0 aliphatic heterocycles. The fraction of sp³-hybridized carbons (Fsp3) is 0.176. The van der Waals surface area contributed by atoms with Crippen molar-refractivity contribution in [3.8, 4) is 0 Å². The zero-order chi connectivity index (χ0) is 15.5. The van der Waals surface area contributed by atoms with Gasteiger partial charge in [0.15, 0.2) is 0 Å². The van der Waals surface area contributed by atoms with Crippen molar-refractivity contribution in [2.24, 2.45) is 7.05 Å². The number of hydrogen-bond donors (Lipinski definition) is 1. The number of fused-ring (bicyclic) bond motifs is 1. The van der Waals surface area contributed by atoms with E-state index in [9.17, 15) is 9.18 Å². The van der Waals surface area contributed by atoms with Gasteiger partial charge in [-0.15, -0.1) is 0 Å². The minimum Gasteiger partial charge on any atom is -0.334 e. The van der Waals surface area contributed by atoms with Gasteiger partial charge in [-0.05, 0) is 36.2 Å². The first-order valence-electron chi connectivity index (χ1n) is 7.08. The highest BCUT2D eigenvalue weighted by Crippen LogP contribution is 2.18. The van der Waals surface area contributed by atoms with Crippen LogP contribution in [0.4, 0.5) is 10.1 Å². The summed E-state index contributed by atoms with van der Waals surface area (Å²) in [4.78, 5) is 16.2. The van der Waals surface area contributed by atoms with Crippen molar-refractivity contribution in [2.45, 2.75) is 12.8 Å². The maximum absolute atomic E-state index is 13.5. The fourth-order valence-electron chi connectivity index (χ4n) is 2.39. The number of hydrogen-bond acceptors (Lipinski definition) is 2. The first kappa shape index (κ1) is 14.3. The highest BCUT2D eigenvalue weighted by Gasteiger charge is 2.07. The summed E-state index contributed by atoms with van der Waals surface area (Å²) in [6, 6.07) is 12.1. The van der Waals surface area contributed by atoms with E-state index in [4.69, 9.17) is 0 Å². The second-order valence-corrected chi connectivity index (χ2v) is 5.20. The summed E-state index contributed by atoms with van der Waals surface area (Å²) in [6.07, 6.45) is 2.35. The maximum Gasteiger partial charge on any atom is 0.224 e. The number of imidazole rings is 1. The van der Waals surface area contributed by atoms with Crippen LogP contribution in [-0.2, 0) is 18.3 Å². The number of rotatable bonds is 4. The van der Waals surface area contributed by atoms with Crippen molar-refractivity contribution in [3.05, 3.63) is 60.2 Å². The number of nitrogens with one attached hydrogen (secondary N) is 1. The van der Waals surface area contributed by atoms with Crippen LogP contribution in [0.5, 0.6) is 0 Å². The van der Waals surface area contributed by atoms with Gasteiger partial charge in [0.2, 0.25) is 5.91 Å². The lowest BCUT2D eigenvalue weighted by molar-refractivity contribution is -0.116. The van der Waals surface area contributed by atoms with E-state index in [0.29, 0.717) is 17.7 Å². The van der Waals surface area contributed by atoms with Crippen LogP contribution < -0.4 is 5.32 Å². The number of aromatic nitrogens is 2. The lowest BCUT2D eigenvalue weighted by atomic mass is 10.1. The Hall–Kier alpha value is -2.69. The summed E-state index contributed by atoms with van der Waals surface area (Å²) in [5, 5.41) is 2.82. The van der Waals surface area contributed by atoms with Gasteiger partial charge >= 0.3 is 0 Å². The van der Waals surface area contributed by atoms with Gasteiger partial charge in [0, 0.05) is 19.2 Å². The highest BCUT2D eigenvalue weighted by atomic mass is 19.1. The molecule has 3 rings (SSSR count). The van der Waals surface area contributed by atoms with Crippen LogP contribution in [0.25, 0.3) is 11.0 Å². The van der Waals surface area contributed by atoms with Gasteiger partial charge in [0.25, 0.3) is 0 Å². The second-order valence-electron chi connectivity index (χ2n) is 5.20. The normalized spacial score (nSPS) is 10.8. The van der Waals surface area contributed by atoms with Crippen LogP contribution in [-0.4, -0.2) is 15.5 Å². The second kappa shape index (κ2) is 5.97. The predicted octanol–water partition coefficient (Wildman–Crippen LogP) is 3.28. The number of carbonyl (C=O) groups excluding carboxylic acids is 1. The molecule has 3 aromatic rings. The van der Waals surface area contributed by atoms with E-state index >= 15 is 0 Å². The van der Waals surface area contributed by atoms with Gasteiger partial charge in [-0.2, -0.15) is 0 Å². The Labute approximate surface area is 127 Å². The van der Waals surface area contributed by atoms with Gasteiger partial charge in [-0.25, -0.2) is 9.37 Å². The third-order valence-electron chi connectivity index (χ3n) is 3.59. The van der Waals surface area contributed by atoms with Crippen LogP contribution in [0.3, 0.4) is 0 Å². The van der Waals surface area contributed by atoms with Crippen LogP contribution >= 0.6 is 0 Å². The fourth-order valence-corrected chi connectivity index (χ4v) is 2.39. The molecule has 1 N–H and O–H groups in total. The molecule has 0 spiro atoms. The number of halogens is 1. The van der Waals surface area contributed by atoms with Crippen LogP contribution in [0.15, 0.2) is 48.8 Å². The van der Waals surface area contributed by atoms with Gasteiger partial charge in [-0.3, -0.25) is 4.79 Å². The van der Waals surface area contributed by atoms with E-state index in [1.165, 1.54) is 6.07 Å². The molecule has 0 fully saturated rings. The van der Waals surface area contributed by atoms with E-state index < -0.39 is 0 Å². The number of benzene rings is 2. The number of nitrogens with zero attached hydrogens (tertiary/aromatic N) is 2. The predicted molar refractivity (Wildman–Crippen MR) is 84.1 cm³/mol. The van der Waals surface area contributed by atoms with E-state index in [1.807, 2.05) is 29.8 Å². The average Bonchev–Trinajstić information content (AvgIpc) is 2.87. The third kappa shape index (κ3) is 2.98. The zero-order valence-corrected chi connectivity index (χ0v) is 12.2. The Morgan fingerprint density at radius 1 is 1.27 bits per heavy atom. The van der Waals surface area contributed by atoms with Gasteiger partial charge < -0.3 is 9.88 Å². The lowest BCUT2D eigenvalue weighted by Gasteiger charge is -2.06. The minimum atomic E-state index is -0.273. The van der Waals surface area contributed by atoms with Crippen LogP contribution in [0.1, 0.15) is 12.0 Å². The summed E-state index contributed by atoms with van der Waals surface area (Å²) in [6.45, 7) is 0. The van der Waals surface area contributed by atoms with E-state index in [2.05, 4.69) is 10.3 Å². The van der Waals surface area contributed by atoms with Crippen molar-refractivity contribution in [1.82, 2.24) is 9.55 Å². The first-order chi connectivity index (χ1) is 10.6. The average molecular weight is 297 g/mol. The summed E-state index contributed by atoms with van der Waals surface area (Å²) < 4.78 is 15.4. The molecule has 0 atom stereocenters. The summed E-state index contributed by atoms with van der Waals surface area (Å²) in [5.74, 6) is -0.413. The van der Waals surface area contributed by atoms with Crippen LogP contribution in [0, 0.1) is 5.82 Å². The largest absolute Gasteiger partial charge is 0.334 e. The van der Waals surface area contributed by atoms with E-state index in [-0.39, 0.29) is 18.1 Å². The van der Waals surface area contributed by atoms with E-state index in [1.54, 1.807) is 24.5 Å². The highest BCUT2D eigenvalue weighted by molar-refractivity contribution is 5.93. The molecule has 0 bridgehead atoms. The molecule has 5 heteroatoms. The lowest BCUT2D eigenvalue weighted by Crippen LogP contribution is -2.12. The number of anilines is 1. The first-order valence-corrected chi connectivity index (χ1v) is 7.08. The Morgan fingerprint density at radius 3 is 2.91 bits per heavy atom. The molecule has 112 valence electrons. The molecule has 0 aliphatic rings. The summed E-state index contributed by atoms with van der Waals surface area (Å²) in [5.41, 5.74) is 3.08. The molecule has 1 amide bonds. The summed E-state index contributed by atoms with van der Waals surface area (Å²) in [7, 11) is 1.92. The van der Waals surface area contributed by atoms with Crippen molar-refractivity contribution < 1.29 is 9.18 Å². The molecule has 4 nitrogen and oxygen atoms in total. The molecule has 1 aromatic heterocycles. The molecular weight excluding hydrogens is 281 g/mol. The topological polar surface area (TPSA) is 46.9 Å². The van der Waals surface area contributed by atoms with Gasteiger partial charge in [0.1, 0.15) is 5.82 Å². The molecule has 22 heavy (non-hydrogen) atoms. The van der Waals surface area contributed by atoms with Crippen molar-refractivity contribution >= 4 is 22.6 Å². The number of amides is 1. The Kier molecular flexibility index (Phi) is 3.87. The molecule has 0 unspecified atom stereocenters. The minimum absolute atomic E-state index is 0.140. The Bertz CT molecular complexity index is 826. The molecule has 0 aliphatic carbocycles. The molecule has 0 saturated heterocycles. The molecule has 0 saturated carbocycles. The number of aryl methyl sites for hydroxylation is 2. The van der Waals surface area contributed by atoms with Crippen LogP contribution in [0.2, 0.25) is 0 Å². The molecule has 0 radical (unpaired) electrons. The zero-order valence-electron chi connectivity index (χ0n) is 12.2. The van der Waals surface area contributed by atoms with Gasteiger partial charge in [0.05, 0.1) is 17.4 Å². The van der Waals surface area contributed by atoms with Gasteiger partial charge in [-0.1, -0.05) is 18.2 Å². The molecule has 2 aromatic carbocycles. The van der Waals surface area contributed by atoms with Crippen molar-refractivity contribution in [3.63, 3.8) is 0 Å². The standard InChI is InChI=1S/C17H16FN3O/c1-21-11-19-15-10-13(7-8-16(15)21)20-17(22)9-6-12-4-2-3-5-14(12)18/h2-5,7-8,10-11H,6,9H2,1H3,(H,20,22). The smallest absolute Gasteiger partial charge is 0.224 e. The Morgan fingerprint density at radius 2 is 2.09 bits per heavy atom. The SMILES string of the molecule is Cn1cnc2cc(NC(=O)CCc3ccccc3F)ccc21. The number of carbonyl (C=O) groups is 1. The quantitative estimate of drug-likeness (QED) is 0.803. The Balaban J connectivity index is 1.64. The summed E-state index contributed by atoms with van der Waals surface area (Å²) >= 11 is 0. The van der Waals surface area contributed by atoms with Crippen molar-refractivity contribution in [1.29, 1.82) is 0 Å².